The highest BCUT2D eigenvalue weighted by atomic mass is 16.5. The van der Waals surface area contributed by atoms with E-state index >= 15 is 0 Å². The van der Waals surface area contributed by atoms with Gasteiger partial charge in [-0.1, -0.05) is 43.3 Å². The molecule has 0 aliphatic heterocycles. The topological polar surface area (TPSA) is 81.7 Å². The van der Waals surface area contributed by atoms with Crippen molar-refractivity contribution in [3.8, 4) is 0 Å². The summed E-state index contributed by atoms with van der Waals surface area (Å²) in [4.78, 5) is 36.3. The van der Waals surface area contributed by atoms with Crippen molar-refractivity contribution in [1.29, 1.82) is 0 Å². The molecular weight excluding hydrogens is 322 g/mol. The summed E-state index contributed by atoms with van der Waals surface area (Å²) in [5, 5.41) is 4.39. The normalized spacial score (nSPS) is 12.9. The molecule has 0 unspecified atom stereocenters. The van der Waals surface area contributed by atoms with Gasteiger partial charge in [0, 0.05) is 5.56 Å². The molecule has 6 nitrogen and oxygen atoms in total. The van der Waals surface area contributed by atoms with Crippen LogP contribution in [0.25, 0.3) is 10.8 Å². The van der Waals surface area contributed by atoms with Gasteiger partial charge >= 0.3 is 11.9 Å². The second-order valence-electron chi connectivity index (χ2n) is 5.76. The fourth-order valence-corrected chi connectivity index (χ4v) is 2.67. The highest BCUT2D eigenvalue weighted by molar-refractivity contribution is 6.08. The van der Waals surface area contributed by atoms with Gasteiger partial charge in [-0.2, -0.15) is 0 Å². The molecule has 132 valence electrons. The Hall–Kier alpha value is -2.89. The van der Waals surface area contributed by atoms with Crippen molar-refractivity contribution in [2.24, 2.45) is 5.92 Å². The van der Waals surface area contributed by atoms with Gasteiger partial charge in [0.1, 0.15) is 6.04 Å². The number of benzene rings is 2. The number of carbonyl (C=O) groups excluding carboxylic acids is 3. The minimum absolute atomic E-state index is 0.00785. The maximum absolute atomic E-state index is 12.7. The largest absolute Gasteiger partial charge is 0.469 e. The Bertz CT molecular complexity index is 781. The molecule has 0 spiro atoms. The van der Waals surface area contributed by atoms with E-state index in [0.717, 1.165) is 10.8 Å². The first-order valence-electron chi connectivity index (χ1n) is 7.91. The van der Waals surface area contributed by atoms with Crippen LogP contribution in [0.2, 0.25) is 0 Å². The number of esters is 2. The van der Waals surface area contributed by atoms with Gasteiger partial charge in [0.05, 0.1) is 20.6 Å². The highest BCUT2D eigenvalue weighted by Crippen LogP contribution is 2.19. The molecular formula is C19H21NO5. The summed E-state index contributed by atoms with van der Waals surface area (Å²) < 4.78 is 9.40. The van der Waals surface area contributed by atoms with Crippen molar-refractivity contribution in [2.75, 3.05) is 14.2 Å². The summed E-state index contributed by atoms with van der Waals surface area (Å²) in [6, 6.07) is 11.9. The summed E-state index contributed by atoms with van der Waals surface area (Å²) in [6.45, 7) is 1.68. The van der Waals surface area contributed by atoms with E-state index in [1.54, 1.807) is 19.1 Å². The van der Waals surface area contributed by atoms with E-state index in [1.807, 2.05) is 30.3 Å². The van der Waals surface area contributed by atoms with E-state index in [0.29, 0.717) is 5.56 Å². The quantitative estimate of drug-likeness (QED) is 0.814. The molecule has 25 heavy (non-hydrogen) atoms. The number of ether oxygens (including phenoxy) is 2. The average Bonchev–Trinajstić information content (AvgIpc) is 2.64. The van der Waals surface area contributed by atoms with Gasteiger partial charge in [-0.3, -0.25) is 9.59 Å². The summed E-state index contributed by atoms with van der Waals surface area (Å²) in [5.41, 5.74) is 0.456. The molecule has 2 aromatic rings. The van der Waals surface area contributed by atoms with Crippen LogP contribution in [0.4, 0.5) is 0 Å². The minimum Gasteiger partial charge on any atom is -0.469 e. The monoisotopic (exact) mass is 343 g/mol. The van der Waals surface area contributed by atoms with Gasteiger partial charge < -0.3 is 14.8 Å². The van der Waals surface area contributed by atoms with Crippen LogP contribution in [0.3, 0.4) is 0 Å². The molecule has 1 N–H and O–H groups in total. The van der Waals surface area contributed by atoms with Crippen LogP contribution in [0, 0.1) is 5.92 Å². The average molecular weight is 343 g/mol. The summed E-state index contributed by atoms with van der Waals surface area (Å²) in [7, 11) is 2.52. The number of hydrogen-bond donors (Lipinski definition) is 1. The third kappa shape index (κ3) is 4.35. The van der Waals surface area contributed by atoms with E-state index in [-0.39, 0.29) is 6.42 Å². The summed E-state index contributed by atoms with van der Waals surface area (Å²) >= 11 is 0. The van der Waals surface area contributed by atoms with Crippen molar-refractivity contribution in [2.45, 2.75) is 19.4 Å². The summed E-state index contributed by atoms with van der Waals surface area (Å²) in [6.07, 6.45) is -0.00785. The van der Waals surface area contributed by atoms with Crippen LogP contribution < -0.4 is 5.32 Å². The predicted molar refractivity (Wildman–Crippen MR) is 93.0 cm³/mol. The van der Waals surface area contributed by atoms with Crippen molar-refractivity contribution < 1.29 is 23.9 Å². The third-order valence-electron chi connectivity index (χ3n) is 4.06. The van der Waals surface area contributed by atoms with Gasteiger partial charge in [-0.25, -0.2) is 4.79 Å². The number of hydrogen-bond acceptors (Lipinski definition) is 5. The van der Waals surface area contributed by atoms with Crippen LogP contribution in [0.1, 0.15) is 23.7 Å². The van der Waals surface area contributed by atoms with Crippen molar-refractivity contribution in [3.05, 3.63) is 48.0 Å². The Labute approximate surface area is 146 Å². The molecule has 2 rings (SSSR count). The van der Waals surface area contributed by atoms with Crippen molar-refractivity contribution >= 4 is 28.6 Å². The minimum atomic E-state index is -0.949. The first-order chi connectivity index (χ1) is 12.0. The van der Waals surface area contributed by atoms with Crippen LogP contribution in [-0.2, 0) is 19.1 Å². The molecule has 0 aromatic heterocycles. The smallest absolute Gasteiger partial charge is 0.328 e. The van der Waals surface area contributed by atoms with E-state index < -0.39 is 29.8 Å². The number of nitrogens with one attached hydrogen (secondary N) is 1. The lowest BCUT2D eigenvalue weighted by Crippen LogP contribution is -2.46. The zero-order valence-electron chi connectivity index (χ0n) is 14.4. The second-order valence-corrected chi connectivity index (χ2v) is 5.76. The molecule has 0 saturated heterocycles. The molecule has 6 heteroatoms. The van der Waals surface area contributed by atoms with Crippen molar-refractivity contribution in [1.82, 2.24) is 5.32 Å². The Balaban J connectivity index is 2.26. The lowest BCUT2D eigenvalue weighted by atomic mass is 9.97. The third-order valence-corrected chi connectivity index (χ3v) is 4.06. The maximum atomic E-state index is 12.7. The van der Waals surface area contributed by atoms with Gasteiger partial charge in [-0.15, -0.1) is 0 Å². The Morgan fingerprint density at radius 3 is 2.36 bits per heavy atom. The fourth-order valence-electron chi connectivity index (χ4n) is 2.67. The van der Waals surface area contributed by atoms with E-state index in [2.05, 4.69) is 10.1 Å². The Kier molecular flexibility index (Phi) is 6.11. The molecule has 0 radical (unpaired) electrons. The van der Waals surface area contributed by atoms with E-state index in [1.165, 1.54) is 14.2 Å². The van der Waals surface area contributed by atoms with Gasteiger partial charge in [0.25, 0.3) is 5.91 Å². The van der Waals surface area contributed by atoms with Gasteiger partial charge in [0.2, 0.25) is 0 Å². The number of carbonyl (C=O) groups is 3. The van der Waals surface area contributed by atoms with Crippen LogP contribution in [0.15, 0.2) is 42.5 Å². The molecule has 1 amide bonds. The van der Waals surface area contributed by atoms with Crippen LogP contribution in [0.5, 0.6) is 0 Å². The van der Waals surface area contributed by atoms with E-state index in [4.69, 9.17) is 4.74 Å². The van der Waals surface area contributed by atoms with Crippen LogP contribution >= 0.6 is 0 Å². The zero-order chi connectivity index (χ0) is 18.4. The molecule has 2 atom stereocenters. The lowest BCUT2D eigenvalue weighted by molar-refractivity contribution is -0.146. The molecule has 0 aliphatic rings. The highest BCUT2D eigenvalue weighted by Gasteiger charge is 2.30. The molecule has 2 aromatic carbocycles. The van der Waals surface area contributed by atoms with E-state index in [9.17, 15) is 14.4 Å². The first-order valence-corrected chi connectivity index (χ1v) is 7.91. The Morgan fingerprint density at radius 1 is 1.00 bits per heavy atom. The van der Waals surface area contributed by atoms with Gasteiger partial charge in [0.15, 0.2) is 0 Å². The SMILES string of the molecule is COC(=O)C[C@@H](C)[C@@H](NC(=O)c1cccc2ccccc12)C(=O)OC. The number of methoxy groups -OCH3 is 2. The summed E-state index contributed by atoms with van der Waals surface area (Å²) in [5.74, 6) is -1.94. The molecule has 0 aliphatic carbocycles. The lowest BCUT2D eigenvalue weighted by Gasteiger charge is -2.22. The number of rotatable bonds is 6. The Morgan fingerprint density at radius 2 is 1.68 bits per heavy atom. The predicted octanol–water partition coefficient (Wildman–Crippen LogP) is 2.31. The van der Waals surface area contributed by atoms with Gasteiger partial charge in [-0.05, 0) is 22.8 Å². The standard InChI is InChI=1S/C19H21NO5/c1-12(11-16(21)24-2)17(19(23)25-3)20-18(22)15-10-6-8-13-7-4-5-9-14(13)15/h4-10,12,17H,11H2,1-3H3,(H,20,22)/t12-,17-/m1/s1. The zero-order valence-corrected chi connectivity index (χ0v) is 14.4. The number of fused-ring (bicyclic) bond motifs is 1. The molecule has 0 saturated carbocycles. The first kappa shape index (κ1) is 18.4. The van der Waals surface area contributed by atoms with Crippen molar-refractivity contribution in [3.63, 3.8) is 0 Å². The number of amides is 1. The molecule has 0 fully saturated rings. The second kappa shape index (κ2) is 8.28. The molecule has 0 heterocycles. The van der Waals surface area contributed by atoms with Crippen LogP contribution in [-0.4, -0.2) is 38.1 Å². The maximum Gasteiger partial charge on any atom is 0.328 e. The fraction of sp³-hybridized carbons (Fsp3) is 0.316. The molecule has 0 bridgehead atoms.